The van der Waals surface area contributed by atoms with Gasteiger partial charge in [0.15, 0.2) is 0 Å². The maximum absolute atomic E-state index is 12.7. The molecule has 1 heterocycles. The molecule has 1 aliphatic carbocycles. The van der Waals surface area contributed by atoms with Gasteiger partial charge in [0, 0.05) is 35.4 Å². The largest absolute Gasteiger partial charge is 0.497 e. The van der Waals surface area contributed by atoms with E-state index in [-0.39, 0.29) is 11.9 Å². The third-order valence-electron chi connectivity index (χ3n) is 5.42. The molecule has 2 aromatic rings. The fourth-order valence-corrected chi connectivity index (χ4v) is 4.76. The Bertz CT molecular complexity index is 1180. The molecule has 2 aliphatic rings. The first-order valence-corrected chi connectivity index (χ1v) is 12.0. The Hall–Kier alpha value is -3.16. The van der Waals surface area contributed by atoms with Crippen LogP contribution < -0.4 is 9.46 Å². The minimum atomic E-state index is -1.37. The Balaban J connectivity index is 1.47. The van der Waals surface area contributed by atoms with Crippen LogP contribution in [0.15, 0.2) is 87.9 Å². The van der Waals surface area contributed by atoms with E-state index in [1.54, 1.807) is 25.3 Å². The van der Waals surface area contributed by atoms with Crippen molar-refractivity contribution in [2.24, 2.45) is 5.10 Å². The topological polar surface area (TPSA) is 71.0 Å². The summed E-state index contributed by atoms with van der Waals surface area (Å²) in [5.41, 5.74) is 3.48. The van der Waals surface area contributed by atoms with Crippen LogP contribution in [0, 0.1) is 0 Å². The number of halogens is 1. The Labute approximate surface area is 200 Å². The number of hydrazone groups is 1. The summed E-state index contributed by atoms with van der Waals surface area (Å²) >= 11 is 5.99. The van der Waals surface area contributed by atoms with Gasteiger partial charge in [0.1, 0.15) is 16.7 Å². The number of carbonyl (C=O) groups is 1. The van der Waals surface area contributed by atoms with Crippen molar-refractivity contribution in [1.29, 1.82) is 0 Å². The van der Waals surface area contributed by atoms with Gasteiger partial charge >= 0.3 is 0 Å². The van der Waals surface area contributed by atoms with Crippen LogP contribution in [-0.4, -0.2) is 27.9 Å². The Morgan fingerprint density at radius 1 is 1.15 bits per heavy atom. The smallest absolute Gasteiger partial charge is 0.240 e. The zero-order chi connectivity index (χ0) is 23.4. The van der Waals surface area contributed by atoms with Crippen LogP contribution in [0.2, 0.25) is 0 Å². The van der Waals surface area contributed by atoms with Gasteiger partial charge in [0.05, 0.1) is 18.9 Å². The van der Waals surface area contributed by atoms with Crippen molar-refractivity contribution >= 4 is 39.9 Å². The fourth-order valence-electron chi connectivity index (χ4n) is 3.69. The van der Waals surface area contributed by atoms with Crippen molar-refractivity contribution in [3.63, 3.8) is 0 Å². The van der Waals surface area contributed by atoms with E-state index in [2.05, 4.69) is 9.82 Å². The van der Waals surface area contributed by atoms with Gasteiger partial charge in [-0.2, -0.15) is 5.10 Å². The molecule has 1 amide bonds. The first-order chi connectivity index (χ1) is 15.9. The number of hydrogen-bond donors (Lipinski definition) is 1. The van der Waals surface area contributed by atoms with Crippen LogP contribution in [0.25, 0.3) is 0 Å². The highest BCUT2D eigenvalue weighted by Gasteiger charge is 2.31. The molecule has 170 valence electrons. The van der Waals surface area contributed by atoms with E-state index in [4.69, 9.17) is 16.3 Å². The summed E-state index contributed by atoms with van der Waals surface area (Å²) in [7, 11) is 0.250. The molecule has 4 rings (SSSR count). The molecule has 0 bridgehead atoms. The van der Waals surface area contributed by atoms with Crippen molar-refractivity contribution < 1.29 is 13.7 Å². The lowest BCUT2D eigenvalue weighted by atomic mass is 9.98. The Morgan fingerprint density at radius 3 is 2.55 bits per heavy atom. The predicted molar refractivity (Wildman–Crippen MR) is 133 cm³/mol. The van der Waals surface area contributed by atoms with Crippen LogP contribution in [0.5, 0.6) is 5.75 Å². The number of ether oxygens (including phenoxy) is 1. The third kappa shape index (κ3) is 5.43. The quantitative estimate of drug-likeness (QED) is 0.597. The van der Waals surface area contributed by atoms with Gasteiger partial charge in [-0.05, 0) is 53.6 Å². The number of hydrogen-bond acceptors (Lipinski definition) is 4. The van der Waals surface area contributed by atoms with E-state index in [0.29, 0.717) is 17.9 Å². The van der Waals surface area contributed by atoms with Gasteiger partial charge in [0.2, 0.25) is 5.91 Å². The summed E-state index contributed by atoms with van der Waals surface area (Å²) in [6.45, 7) is 1.52. The zero-order valence-corrected chi connectivity index (χ0v) is 19.9. The second-order valence-corrected chi connectivity index (χ2v) is 9.34. The zero-order valence-electron chi connectivity index (χ0n) is 18.3. The monoisotopic (exact) mass is 481 g/mol. The lowest BCUT2D eigenvalue weighted by Gasteiger charge is -2.20. The summed E-state index contributed by atoms with van der Waals surface area (Å²) < 4.78 is 20.9. The molecule has 1 N–H and O–H groups in total. The van der Waals surface area contributed by atoms with Gasteiger partial charge in [-0.25, -0.2) is 9.22 Å². The molecule has 0 spiro atoms. The van der Waals surface area contributed by atoms with E-state index in [0.717, 1.165) is 33.2 Å². The second kappa shape index (κ2) is 10.2. The van der Waals surface area contributed by atoms with Gasteiger partial charge in [-0.3, -0.25) is 4.79 Å². The third-order valence-corrected chi connectivity index (χ3v) is 6.88. The highest BCUT2D eigenvalue weighted by molar-refractivity contribution is 7.90. The minimum absolute atomic E-state index is 0.112. The molecule has 0 saturated heterocycles. The second-order valence-electron chi connectivity index (χ2n) is 7.64. The molecule has 1 aliphatic heterocycles. The molecule has 2 aromatic carbocycles. The minimum Gasteiger partial charge on any atom is -0.497 e. The van der Waals surface area contributed by atoms with E-state index in [1.165, 1.54) is 11.9 Å². The highest BCUT2D eigenvalue weighted by Crippen LogP contribution is 2.33. The maximum atomic E-state index is 12.7. The number of rotatable bonds is 6. The van der Waals surface area contributed by atoms with Crippen molar-refractivity contribution in [1.82, 2.24) is 5.01 Å². The SMILES string of the molecule is COc1ccc(C2CC(c3ccc(NS(=O)C4=CC=C(Cl)C=CC4)cc3)=NN2C(C)=O)cc1. The number of amides is 1. The molecular formula is C25H24ClN3O3S. The number of nitrogens with one attached hydrogen (secondary N) is 1. The summed E-state index contributed by atoms with van der Waals surface area (Å²) in [5.74, 6) is 0.655. The summed E-state index contributed by atoms with van der Waals surface area (Å²) in [5, 5.41) is 6.73. The summed E-state index contributed by atoms with van der Waals surface area (Å²) in [6.07, 6.45) is 8.37. The highest BCUT2D eigenvalue weighted by atomic mass is 35.5. The molecule has 8 heteroatoms. The molecule has 0 saturated carbocycles. The number of methoxy groups -OCH3 is 1. The summed E-state index contributed by atoms with van der Waals surface area (Å²) in [6, 6.07) is 15.1. The van der Waals surface area contributed by atoms with Crippen molar-refractivity contribution in [2.45, 2.75) is 25.8 Å². The summed E-state index contributed by atoms with van der Waals surface area (Å²) in [4.78, 5) is 13.0. The molecule has 2 unspecified atom stereocenters. The standard InChI is InChI=1S/C25H24ClN3O3S/c1-17(30)29-25(19-8-13-22(32-2)14-9-19)16-24(27-29)18-6-11-21(12-7-18)28-33(31)23-5-3-4-20(26)10-15-23/h3-4,6-15,25,28H,5,16H2,1-2H3. The Kier molecular flexibility index (Phi) is 7.11. The molecule has 0 aromatic heterocycles. The van der Waals surface area contributed by atoms with E-state index in [1.807, 2.05) is 54.6 Å². The molecule has 0 radical (unpaired) electrons. The van der Waals surface area contributed by atoms with Crippen molar-refractivity contribution in [3.8, 4) is 5.75 Å². The van der Waals surface area contributed by atoms with Crippen molar-refractivity contribution in [2.75, 3.05) is 11.8 Å². The van der Waals surface area contributed by atoms with Crippen LogP contribution in [0.1, 0.15) is 36.9 Å². The average Bonchev–Trinajstić information content (AvgIpc) is 3.16. The molecular weight excluding hydrogens is 458 g/mol. The fraction of sp³-hybridized carbons (Fsp3) is 0.200. The van der Waals surface area contributed by atoms with E-state index >= 15 is 0 Å². The molecule has 6 nitrogen and oxygen atoms in total. The number of carbonyl (C=O) groups excluding carboxylic acids is 1. The maximum Gasteiger partial charge on any atom is 0.240 e. The normalized spacial score (nSPS) is 18.7. The number of anilines is 1. The van der Waals surface area contributed by atoms with Crippen LogP contribution in [0.3, 0.4) is 0 Å². The van der Waals surface area contributed by atoms with Gasteiger partial charge in [-0.1, -0.05) is 41.9 Å². The van der Waals surface area contributed by atoms with Gasteiger partial charge < -0.3 is 9.46 Å². The predicted octanol–water partition coefficient (Wildman–Crippen LogP) is 5.43. The number of benzene rings is 2. The van der Waals surface area contributed by atoms with E-state index in [9.17, 15) is 9.00 Å². The lowest BCUT2D eigenvalue weighted by Crippen LogP contribution is -2.24. The van der Waals surface area contributed by atoms with Crippen LogP contribution in [0.4, 0.5) is 5.69 Å². The number of allylic oxidation sites excluding steroid dienone is 6. The van der Waals surface area contributed by atoms with Crippen molar-refractivity contribution in [3.05, 3.63) is 93.9 Å². The van der Waals surface area contributed by atoms with Crippen LogP contribution in [-0.2, 0) is 15.8 Å². The number of nitrogens with zero attached hydrogens (tertiary/aromatic N) is 2. The first kappa shape index (κ1) is 23.0. The molecule has 33 heavy (non-hydrogen) atoms. The van der Waals surface area contributed by atoms with Gasteiger partial charge in [0.25, 0.3) is 0 Å². The molecule has 2 atom stereocenters. The van der Waals surface area contributed by atoms with E-state index < -0.39 is 11.0 Å². The Morgan fingerprint density at radius 2 is 1.88 bits per heavy atom. The lowest BCUT2D eigenvalue weighted by molar-refractivity contribution is -0.130. The molecule has 0 fully saturated rings. The van der Waals surface area contributed by atoms with Crippen LogP contribution >= 0.6 is 11.6 Å². The van der Waals surface area contributed by atoms with Gasteiger partial charge in [-0.15, -0.1) is 0 Å². The first-order valence-electron chi connectivity index (χ1n) is 10.5. The average molecular weight is 482 g/mol.